The Balaban J connectivity index is 2.00. The van der Waals surface area contributed by atoms with Gasteiger partial charge in [0, 0.05) is 17.5 Å². The summed E-state index contributed by atoms with van der Waals surface area (Å²) in [6.07, 6.45) is 6.34. The van der Waals surface area contributed by atoms with Gasteiger partial charge in [-0.05, 0) is 38.8 Å². The van der Waals surface area contributed by atoms with Crippen LogP contribution in [0.15, 0.2) is 24.3 Å². The summed E-state index contributed by atoms with van der Waals surface area (Å²) in [5.74, 6) is 0.0630. The molecule has 4 heteroatoms. The topological polar surface area (TPSA) is 34.0 Å². The first-order chi connectivity index (χ1) is 9.19. The lowest BCUT2D eigenvalue weighted by Gasteiger charge is -2.08. The summed E-state index contributed by atoms with van der Waals surface area (Å²) in [5.41, 5.74) is 1.95. The van der Waals surface area contributed by atoms with Crippen LogP contribution in [-0.2, 0) is 6.54 Å². The van der Waals surface area contributed by atoms with Crippen molar-refractivity contribution in [1.82, 2.24) is 9.88 Å². The van der Waals surface area contributed by atoms with Gasteiger partial charge >= 0.3 is 0 Å². The minimum Gasteiger partial charge on any atom is -0.348 e. The molecule has 100 valence electrons. The number of carbonyl (C=O) groups is 1. The molecule has 3 nitrogen and oxygen atoms in total. The van der Waals surface area contributed by atoms with Gasteiger partial charge in [0.1, 0.15) is 5.69 Å². The van der Waals surface area contributed by atoms with Gasteiger partial charge < -0.3 is 9.88 Å². The first kappa shape index (κ1) is 12.5. The van der Waals surface area contributed by atoms with E-state index in [0.29, 0.717) is 6.04 Å². The van der Waals surface area contributed by atoms with Crippen LogP contribution in [0.2, 0.25) is 0 Å². The van der Waals surface area contributed by atoms with Crippen LogP contribution in [0.5, 0.6) is 0 Å². The molecule has 2 heterocycles. The molecule has 1 N–H and O–H groups in total. The van der Waals surface area contributed by atoms with Crippen LogP contribution in [0.25, 0.3) is 10.2 Å². The maximum Gasteiger partial charge on any atom is 0.268 e. The Kier molecular flexibility index (Phi) is 3.19. The maximum absolute atomic E-state index is 12.3. The highest BCUT2D eigenvalue weighted by Gasteiger charge is 2.25. The smallest absolute Gasteiger partial charge is 0.268 e. The lowest BCUT2D eigenvalue weighted by molar-refractivity contribution is 0.0942. The maximum atomic E-state index is 12.3. The first-order valence-corrected chi connectivity index (χ1v) is 7.52. The summed E-state index contributed by atoms with van der Waals surface area (Å²) in [4.78, 5) is 13.6. The number of hydrogen-bond donors (Lipinski definition) is 1. The van der Waals surface area contributed by atoms with E-state index in [-0.39, 0.29) is 5.91 Å². The molecule has 1 saturated carbocycles. The number of aryl methyl sites for hydroxylation is 1. The first-order valence-electron chi connectivity index (χ1n) is 6.70. The number of nitrogens with zero attached hydrogens (tertiary/aromatic N) is 1. The molecular weight excluding hydrogens is 256 g/mol. The predicted octanol–water partition coefficient (Wildman–Crippen LogP) is 3.48. The second kappa shape index (κ2) is 4.85. The van der Waals surface area contributed by atoms with E-state index in [1.54, 1.807) is 11.3 Å². The summed E-state index contributed by atoms with van der Waals surface area (Å²) in [6, 6.07) is 4.59. The quantitative estimate of drug-likeness (QED) is 0.851. The largest absolute Gasteiger partial charge is 0.348 e. The van der Waals surface area contributed by atoms with Crippen LogP contribution in [0.1, 0.15) is 35.1 Å². The number of amides is 1. The van der Waals surface area contributed by atoms with Crippen molar-refractivity contribution in [3.05, 3.63) is 34.9 Å². The van der Waals surface area contributed by atoms with Gasteiger partial charge in [-0.1, -0.05) is 12.2 Å². The minimum atomic E-state index is 0.0630. The minimum absolute atomic E-state index is 0.0630. The highest BCUT2D eigenvalue weighted by atomic mass is 32.1. The van der Waals surface area contributed by atoms with Gasteiger partial charge in [0.25, 0.3) is 5.91 Å². The summed E-state index contributed by atoms with van der Waals surface area (Å²) < 4.78 is 3.30. The highest BCUT2D eigenvalue weighted by molar-refractivity contribution is 7.19. The van der Waals surface area contributed by atoms with E-state index < -0.39 is 0 Å². The van der Waals surface area contributed by atoms with E-state index in [9.17, 15) is 4.79 Å². The van der Waals surface area contributed by atoms with E-state index in [0.717, 1.165) is 25.1 Å². The zero-order chi connectivity index (χ0) is 13.4. The van der Waals surface area contributed by atoms with Gasteiger partial charge in [0.15, 0.2) is 0 Å². The van der Waals surface area contributed by atoms with Gasteiger partial charge in [0.2, 0.25) is 0 Å². The molecule has 19 heavy (non-hydrogen) atoms. The van der Waals surface area contributed by atoms with Gasteiger partial charge in [-0.3, -0.25) is 4.79 Å². The fourth-order valence-electron chi connectivity index (χ4n) is 2.25. The molecule has 1 amide bonds. The Labute approximate surface area is 116 Å². The zero-order valence-corrected chi connectivity index (χ0v) is 12.1. The van der Waals surface area contributed by atoms with Crippen LogP contribution < -0.4 is 5.32 Å². The molecule has 1 fully saturated rings. The molecule has 0 aliphatic heterocycles. The Morgan fingerprint density at radius 2 is 2.32 bits per heavy atom. The fourth-order valence-corrected chi connectivity index (χ4v) is 3.21. The van der Waals surface area contributed by atoms with E-state index in [2.05, 4.69) is 29.0 Å². The lowest BCUT2D eigenvalue weighted by atomic mass is 10.4. The van der Waals surface area contributed by atoms with E-state index in [1.165, 1.54) is 15.1 Å². The molecule has 0 unspecified atom stereocenters. The van der Waals surface area contributed by atoms with Crippen molar-refractivity contribution in [3.63, 3.8) is 0 Å². The predicted molar refractivity (Wildman–Crippen MR) is 79.9 cm³/mol. The standard InChI is InChI=1S/C15H18N2OS/c1-3-4-7-17-12-8-10(2)19-14(12)9-13(17)15(18)16-11-5-6-11/h3-4,8-9,11H,5-7H2,1-2H3,(H,16,18)/b4-3+. The Morgan fingerprint density at radius 1 is 1.53 bits per heavy atom. The molecule has 3 rings (SSSR count). The number of carbonyl (C=O) groups excluding carboxylic acids is 1. The third-order valence-electron chi connectivity index (χ3n) is 3.38. The van der Waals surface area contributed by atoms with Crippen molar-refractivity contribution in [1.29, 1.82) is 0 Å². The zero-order valence-electron chi connectivity index (χ0n) is 11.3. The molecule has 2 aromatic rings. The number of thiophene rings is 1. The third-order valence-corrected chi connectivity index (χ3v) is 4.37. The lowest BCUT2D eigenvalue weighted by Crippen LogP contribution is -2.27. The van der Waals surface area contributed by atoms with E-state index in [4.69, 9.17) is 0 Å². The number of fused-ring (bicyclic) bond motifs is 1. The summed E-state index contributed by atoms with van der Waals surface area (Å²) in [6.45, 7) is 4.86. The number of hydrogen-bond acceptors (Lipinski definition) is 2. The summed E-state index contributed by atoms with van der Waals surface area (Å²) in [5, 5.41) is 3.07. The SMILES string of the molecule is C/C=C/Cn1c(C(=O)NC2CC2)cc2sc(C)cc21. The van der Waals surface area contributed by atoms with Crippen molar-refractivity contribution in [2.75, 3.05) is 0 Å². The fraction of sp³-hybridized carbons (Fsp3) is 0.400. The third kappa shape index (κ3) is 2.45. The van der Waals surface area contributed by atoms with E-state index >= 15 is 0 Å². The Morgan fingerprint density at radius 3 is 3.00 bits per heavy atom. The van der Waals surface area contributed by atoms with Crippen molar-refractivity contribution in [2.45, 2.75) is 39.3 Å². The Hall–Kier alpha value is -1.55. The number of rotatable bonds is 4. The molecule has 0 saturated heterocycles. The second-order valence-electron chi connectivity index (χ2n) is 5.06. The molecule has 0 bridgehead atoms. The van der Waals surface area contributed by atoms with E-state index in [1.807, 2.05) is 19.1 Å². The molecule has 0 aromatic carbocycles. The van der Waals surface area contributed by atoms with Crippen molar-refractivity contribution >= 4 is 27.5 Å². The molecule has 1 aliphatic carbocycles. The van der Waals surface area contributed by atoms with Crippen LogP contribution in [0.4, 0.5) is 0 Å². The second-order valence-corrected chi connectivity index (χ2v) is 6.35. The van der Waals surface area contributed by atoms with Crippen LogP contribution >= 0.6 is 11.3 Å². The Bertz CT molecular complexity index is 646. The van der Waals surface area contributed by atoms with Crippen LogP contribution in [-0.4, -0.2) is 16.5 Å². The normalized spacial score (nSPS) is 15.5. The van der Waals surface area contributed by atoms with Crippen LogP contribution in [0.3, 0.4) is 0 Å². The van der Waals surface area contributed by atoms with Gasteiger partial charge in [-0.15, -0.1) is 11.3 Å². The summed E-state index contributed by atoms with van der Waals surface area (Å²) >= 11 is 1.75. The molecule has 0 atom stereocenters. The molecule has 1 aliphatic rings. The average molecular weight is 274 g/mol. The molecule has 0 radical (unpaired) electrons. The average Bonchev–Trinajstić information content (AvgIpc) is 3.01. The van der Waals surface area contributed by atoms with Gasteiger partial charge in [-0.25, -0.2) is 0 Å². The van der Waals surface area contributed by atoms with Gasteiger partial charge in [0.05, 0.1) is 10.2 Å². The summed E-state index contributed by atoms with van der Waals surface area (Å²) in [7, 11) is 0. The number of nitrogens with one attached hydrogen (secondary N) is 1. The van der Waals surface area contributed by atoms with Crippen molar-refractivity contribution < 1.29 is 4.79 Å². The van der Waals surface area contributed by atoms with Gasteiger partial charge in [-0.2, -0.15) is 0 Å². The van der Waals surface area contributed by atoms with Crippen molar-refractivity contribution in [3.8, 4) is 0 Å². The molecule has 0 spiro atoms. The molecular formula is C15H18N2OS. The monoisotopic (exact) mass is 274 g/mol. The number of allylic oxidation sites excluding steroid dienone is 2. The van der Waals surface area contributed by atoms with Crippen molar-refractivity contribution in [2.24, 2.45) is 0 Å². The molecule has 2 aromatic heterocycles. The number of aromatic nitrogens is 1. The highest BCUT2D eigenvalue weighted by Crippen LogP contribution is 2.29. The van der Waals surface area contributed by atoms with Crippen LogP contribution in [0, 0.1) is 6.92 Å².